The normalized spacial score (nSPS) is 14.7. The van der Waals surface area contributed by atoms with Crippen LogP contribution in [-0.2, 0) is 7.05 Å². The molecule has 0 unspecified atom stereocenters. The molecule has 1 saturated heterocycles. The van der Waals surface area contributed by atoms with Gasteiger partial charge in [0.25, 0.3) is 5.91 Å². The fourth-order valence-electron chi connectivity index (χ4n) is 3.62. The maximum Gasteiger partial charge on any atom is 0.254 e. The number of amides is 1. The zero-order valence-electron chi connectivity index (χ0n) is 15.2. The summed E-state index contributed by atoms with van der Waals surface area (Å²) in [4.78, 5) is 17.1. The zero-order chi connectivity index (χ0) is 18.1. The van der Waals surface area contributed by atoms with E-state index < -0.39 is 0 Å². The van der Waals surface area contributed by atoms with Gasteiger partial charge in [-0.25, -0.2) is 0 Å². The van der Waals surface area contributed by atoms with E-state index in [1.807, 2.05) is 59.1 Å². The van der Waals surface area contributed by atoms with Gasteiger partial charge in [0.2, 0.25) is 0 Å². The maximum atomic E-state index is 12.9. The summed E-state index contributed by atoms with van der Waals surface area (Å²) < 4.78 is 7.51. The van der Waals surface area contributed by atoms with E-state index in [2.05, 4.69) is 17.0 Å². The van der Waals surface area contributed by atoms with Crippen LogP contribution in [-0.4, -0.2) is 48.7 Å². The number of piperazine rings is 1. The van der Waals surface area contributed by atoms with Gasteiger partial charge in [0, 0.05) is 50.5 Å². The highest BCUT2D eigenvalue weighted by Gasteiger charge is 2.24. The Morgan fingerprint density at radius 1 is 1.00 bits per heavy atom. The number of rotatable bonds is 3. The highest BCUT2D eigenvalue weighted by Crippen LogP contribution is 2.28. The van der Waals surface area contributed by atoms with Crippen molar-refractivity contribution in [2.75, 3.05) is 38.2 Å². The van der Waals surface area contributed by atoms with Gasteiger partial charge < -0.3 is 19.1 Å². The average Bonchev–Trinajstić information content (AvgIpc) is 3.08. The highest BCUT2D eigenvalue weighted by atomic mass is 16.5. The van der Waals surface area contributed by atoms with E-state index in [9.17, 15) is 4.79 Å². The minimum absolute atomic E-state index is 0.104. The zero-order valence-corrected chi connectivity index (χ0v) is 15.2. The van der Waals surface area contributed by atoms with E-state index in [0.29, 0.717) is 13.1 Å². The monoisotopic (exact) mass is 349 g/mol. The number of para-hydroxylation sites is 2. The lowest BCUT2D eigenvalue weighted by molar-refractivity contribution is 0.0747. The van der Waals surface area contributed by atoms with Crippen LogP contribution >= 0.6 is 0 Å². The van der Waals surface area contributed by atoms with Crippen LogP contribution in [0.25, 0.3) is 10.9 Å². The van der Waals surface area contributed by atoms with Crippen LogP contribution < -0.4 is 9.64 Å². The van der Waals surface area contributed by atoms with Crippen molar-refractivity contribution < 1.29 is 9.53 Å². The molecule has 1 fully saturated rings. The van der Waals surface area contributed by atoms with Crippen molar-refractivity contribution in [1.82, 2.24) is 9.47 Å². The predicted molar refractivity (Wildman–Crippen MR) is 104 cm³/mol. The molecule has 0 spiro atoms. The fraction of sp³-hybridized carbons (Fsp3) is 0.286. The van der Waals surface area contributed by atoms with Gasteiger partial charge in [-0.15, -0.1) is 0 Å². The molecular weight excluding hydrogens is 326 g/mol. The molecule has 4 rings (SSSR count). The van der Waals surface area contributed by atoms with Gasteiger partial charge in [-0.2, -0.15) is 0 Å². The Bertz CT molecular complexity index is 939. The number of hydrogen-bond donors (Lipinski definition) is 0. The first-order chi connectivity index (χ1) is 12.7. The molecule has 1 aliphatic rings. The molecule has 1 amide bonds. The van der Waals surface area contributed by atoms with Crippen LogP contribution in [0.1, 0.15) is 10.4 Å². The van der Waals surface area contributed by atoms with Crippen LogP contribution in [0.2, 0.25) is 0 Å². The van der Waals surface area contributed by atoms with Gasteiger partial charge in [-0.1, -0.05) is 18.2 Å². The largest absolute Gasteiger partial charge is 0.495 e. The number of aryl methyl sites for hydroxylation is 1. The van der Waals surface area contributed by atoms with Crippen molar-refractivity contribution in [2.45, 2.75) is 0 Å². The SMILES string of the molecule is COc1ccccc1N1CCN(C(=O)c2ccc3ccn(C)c3c2)CC1. The summed E-state index contributed by atoms with van der Waals surface area (Å²) in [7, 11) is 3.70. The fourth-order valence-corrected chi connectivity index (χ4v) is 3.62. The van der Waals surface area contributed by atoms with Crippen molar-refractivity contribution in [3.05, 3.63) is 60.3 Å². The number of anilines is 1. The Hall–Kier alpha value is -2.95. The Morgan fingerprint density at radius 3 is 2.54 bits per heavy atom. The molecular formula is C21H23N3O2. The maximum absolute atomic E-state index is 12.9. The first-order valence-electron chi connectivity index (χ1n) is 8.90. The van der Waals surface area contributed by atoms with Gasteiger partial charge >= 0.3 is 0 Å². The van der Waals surface area contributed by atoms with E-state index in [4.69, 9.17) is 4.74 Å². The molecule has 0 radical (unpaired) electrons. The molecule has 5 nitrogen and oxygen atoms in total. The molecule has 5 heteroatoms. The summed E-state index contributed by atoms with van der Waals surface area (Å²) in [5, 5.41) is 1.16. The molecule has 0 bridgehead atoms. The summed E-state index contributed by atoms with van der Waals surface area (Å²) in [5.74, 6) is 0.981. The van der Waals surface area contributed by atoms with Crippen LogP contribution in [0.3, 0.4) is 0 Å². The van der Waals surface area contributed by atoms with Gasteiger partial charge in [0.05, 0.1) is 12.8 Å². The molecule has 2 aromatic carbocycles. The second kappa shape index (κ2) is 6.75. The first-order valence-corrected chi connectivity index (χ1v) is 8.90. The molecule has 0 N–H and O–H groups in total. The summed E-state index contributed by atoms with van der Waals surface area (Å²) >= 11 is 0. The number of nitrogens with zero attached hydrogens (tertiary/aromatic N) is 3. The van der Waals surface area contributed by atoms with Crippen molar-refractivity contribution in [3.8, 4) is 5.75 Å². The number of carbonyl (C=O) groups excluding carboxylic acids is 1. The second-order valence-corrected chi connectivity index (χ2v) is 6.65. The minimum atomic E-state index is 0.104. The molecule has 2 heterocycles. The molecule has 0 saturated carbocycles. The third-order valence-electron chi connectivity index (χ3n) is 5.13. The summed E-state index contributed by atoms with van der Waals surface area (Å²) in [5.41, 5.74) is 2.93. The van der Waals surface area contributed by atoms with Gasteiger partial charge in [-0.3, -0.25) is 4.79 Å². The van der Waals surface area contributed by atoms with Crippen molar-refractivity contribution in [2.24, 2.45) is 7.05 Å². The molecule has 3 aromatic rings. The predicted octanol–water partition coefficient (Wildman–Crippen LogP) is 3.15. The average molecular weight is 349 g/mol. The Balaban J connectivity index is 1.48. The van der Waals surface area contributed by atoms with Crippen LogP contribution in [0.5, 0.6) is 5.75 Å². The molecule has 0 atom stereocenters. The van der Waals surface area contributed by atoms with E-state index in [1.54, 1.807) is 7.11 Å². The molecule has 1 aliphatic heterocycles. The topological polar surface area (TPSA) is 37.7 Å². The van der Waals surface area contributed by atoms with Gasteiger partial charge in [0.15, 0.2) is 0 Å². The van der Waals surface area contributed by atoms with E-state index in [-0.39, 0.29) is 5.91 Å². The number of carbonyl (C=O) groups is 1. The molecule has 134 valence electrons. The number of hydrogen-bond acceptors (Lipinski definition) is 3. The van der Waals surface area contributed by atoms with Crippen LogP contribution in [0.4, 0.5) is 5.69 Å². The van der Waals surface area contributed by atoms with Gasteiger partial charge in [0.1, 0.15) is 5.75 Å². The van der Waals surface area contributed by atoms with E-state index in [1.165, 1.54) is 0 Å². The second-order valence-electron chi connectivity index (χ2n) is 6.65. The lowest BCUT2D eigenvalue weighted by Crippen LogP contribution is -2.48. The highest BCUT2D eigenvalue weighted by molar-refractivity contribution is 5.98. The first kappa shape index (κ1) is 16.5. The Kier molecular flexibility index (Phi) is 4.29. The summed E-state index contributed by atoms with van der Waals surface area (Å²) in [6.07, 6.45) is 2.02. The number of fused-ring (bicyclic) bond motifs is 1. The summed E-state index contributed by atoms with van der Waals surface area (Å²) in [6, 6.07) is 16.0. The number of aromatic nitrogens is 1. The van der Waals surface area contributed by atoms with Crippen molar-refractivity contribution in [1.29, 1.82) is 0 Å². The lowest BCUT2D eigenvalue weighted by Gasteiger charge is -2.36. The molecule has 0 aliphatic carbocycles. The third-order valence-corrected chi connectivity index (χ3v) is 5.13. The van der Waals surface area contributed by atoms with Crippen LogP contribution in [0, 0.1) is 0 Å². The van der Waals surface area contributed by atoms with Gasteiger partial charge in [-0.05, 0) is 35.7 Å². The standard InChI is InChI=1S/C21H23N3O2/c1-22-10-9-16-7-8-17(15-19(16)22)21(25)24-13-11-23(12-14-24)18-5-3-4-6-20(18)26-2/h3-10,15H,11-14H2,1-2H3. The number of ether oxygens (including phenoxy) is 1. The quantitative estimate of drug-likeness (QED) is 0.729. The van der Waals surface area contributed by atoms with Crippen molar-refractivity contribution in [3.63, 3.8) is 0 Å². The van der Waals surface area contributed by atoms with E-state index >= 15 is 0 Å². The Morgan fingerprint density at radius 2 is 1.77 bits per heavy atom. The smallest absolute Gasteiger partial charge is 0.254 e. The van der Waals surface area contributed by atoms with Crippen LogP contribution in [0.15, 0.2) is 54.7 Å². The lowest BCUT2D eigenvalue weighted by atomic mass is 10.1. The molecule has 26 heavy (non-hydrogen) atoms. The summed E-state index contributed by atoms with van der Waals surface area (Å²) in [6.45, 7) is 3.03. The third kappa shape index (κ3) is 2.90. The molecule has 1 aromatic heterocycles. The minimum Gasteiger partial charge on any atom is -0.495 e. The number of benzene rings is 2. The Labute approximate surface area is 153 Å². The number of methoxy groups -OCH3 is 1. The van der Waals surface area contributed by atoms with E-state index in [0.717, 1.165) is 41.0 Å². The van der Waals surface area contributed by atoms with Crippen molar-refractivity contribution >= 4 is 22.5 Å².